The molecule has 1 aromatic heterocycles. The average Bonchev–Trinajstić information content (AvgIpc) is 2.77. The fourth-order valence-electron chi connectivity index (χ4n) is 2.28. The zero-order chi connectivity index (χ0) is 13.4. The van der Waals surface area contributed by atoms with E-state index in [1.807, 2.05) is 61.7 Å². The van der Waals surface area contributed by atoms with Crippen LogP contribution >= 0.6 is 22.6 Å². The number of halogens is 1. The normalized spacial score (nSPS) is 10.8. The molecule has 0 radical (unpaired) electrons. The minimum absolute atomic E-state index is 0.0225. The Kier molecular flexibility index (Phi) is 3.14. The van der Waals surface area contributed by atoms with Crippen LogP contribution in [0.25, 0.3) is 10.9 Å². The SMILES string of the molecule is Cc1cn(C(=O)c2ccccc2I)c2ccccc12. The number of nitrogens with zero attached hydrogens (tertiary/aromatic N) is 1. The Balaban J connectivity index is 2.20. The van der Waals surface area contributed by atoms with Crippen molar-refractivity contribution in [1.82, 2.24) is 4.57 Å². The van der Waals surface area contributed by atoms with Gasteiger partial charge in [-0.25, -0.2) is 0 Å². The summed E-state index contributed by atoms with van der Waals surface area (Å²) in [6, 6.07) is 15.6. The van der Waals surface area contributed by atoms with Crippen LogP contribution in [0.2, 0.25) is 0 Å². The Hall–Kier alpha value is -1.62. The van der Waals surface area contributed by atoms with Crippen LogP contribution in [0.1, 0.15) is 15.9 Å². The molecule has 0 spiro atoms. The summed E-state index contributed by atoms with van der Waals surface area (Å²) in [5.74, 6) is 0.0225. The highest BCUT2D eigenvalue weighted by molar-refractivity contribution is 14.1. The monoisotopic (exact) mass is 361 g/mol. The molecule has 0 saturated carbocycles. The van der Waals surface area contributed by atoms with Crippen LogP contribution < -0.4 is 0 Å². The van der Waals surface area contributed by atoms with Crippen molar-refractivity contribution in [3.05, 3.63) is 69.4 Å². The minimum atomic E-state index is 0.0225. The van der Waals surface area contributed by atoms with E-state index in [-0.39, 0.29) is 5.91 Å². The number of benzene rings is 2. The van der Waals surface area contributed by atoms with Gasteiger partial charge in [-0.3, -0.25) is 9.36 Å². The van der Waals surface area contributed by atoms with Gasteiger partial charge in [-0.1, -0.05) is 30.3 Å². The maximum absolute atomic E-state index is 12.7. The van der Waals surface area contributed by atoms with Gasteiger partial charge in [-0.15, -0.1) is 0 Å². The third kappa shape index (κ3) is 2.08. The van der Waals surface area contributed by atoms with Gasteiger partial charge >= 0.3 is 0 Å². The summed E-state index contributed by atoms with van der Waals surface area (Å²) in [5, 5.41) is 1.13. The van der Waals surface area contributed by atoms with Crippen molar-refractivity contribution in [3.8, 4) is 0 Å². The summed E-state index contributed by atoms with van der Waals surface area (Å²) in [7, 11) is 0. The number of hydrogen-bond acceptors (Lipinski definition) is 1. The second-order valence-electron chi connectivity index (χ2n) is 4.48. The standard InChI is InChI=1S/C16H12INO/c1-11-10-18(15-9-5-3-6-12(11)15)16(19)13-7-2-4-8-14(13)17/h2-10H,1H3. The molecule has 0 atom stereocenters. The van der Waals surface area contributed by atoms with E-state index >= 15 is 0 Å². The highest BCUT2D eigenvalue weighted by atomic mass is 127. The number of aromatic nitrogens is 1. The molecule has 0 aliphatic heterocycles. The van der Waals surface area contributed by atoms with E-state index in [0.29, 0.717) is 0 Å². The highest BCUT2D eigenvalue weighted by Gasteiger charge is 2.15. The quantitative estimate of drug-likeness (QED) is 0.595. The summed E-state index contributed by atoms with van der Waals surface area (Å²) in [6.07, 6.45) is 1.91. The van der Waals surface area contributed by atoms with E-state index in [2.05, 4.69) is 22.6 Å². The lowest BCUT2D eigenvalue weighted by Gasteiger charge is -2.06. The van der Waals surface area contributed by atoms with Gasteiger partial charge < -0.3 is 0 Å². The first-order valence-electron chi connectivity index (χ1n) is 6.04. The van der Waals surface area contributed by atoms with Crippen LogP contribution in [0, 0.1) is 10.5 Å². The van der Waals surface area contributed by atoms with Gasteiger partial charge in [0.05, 0.1) is 11.1 Å². The van der Waals surface area contributed by atoms with Gasteiger partial charge in [-0.2, -0.15) is 0 Å². The molecule has 0 fully saturated rings. The molecule has 0 N–H and O–H groups in total. The molecule has 0 saturated heterocycles. The van der Waals surface area contributed by atoms with Gasteiger partial charge in [0, 0.05) is 15.2 Å². The third-order valence-corrected chi connectivity index (χ3v) is 4.17. The second kappa shape index (κ2) is 4.81. The smallest absolute Gasteiger partial charge is 0.263 e. The fraction of sp³-hybridized carbons (Fsp3) is 0.0625. The summed E-state index contributed by atoms with van der Waals surface area (Å²) < 4.78 is 2.71. The molecule has 0 bridgehead atoms. The Morgan fingerprint density at radius 2 is 1.74 bits per heavy atom. The maximum atomic E-state index is 12.7. The van der Waals surface area contributed by atoms with E-state index < -0.39 is 0 Å². The lowest BCUT2D eigenvalue weighted by molar-refractivity contribution is 0.0964. The van der Waals surface area contributed by atoms with Crippen molar-refractivity contribution < 1.29 is 4.79 Å². The number of hydrogen-bond donors (Lipinski definition) is 0. The van der Waals surface area contributed by atoms with Crippen LogP contribution in [0.3, 0.4) is 0 Å². The molecule has 0 unspecified atom stereocenters. The van der Waals surface area contributed by atoms with Crippen molar-refractivity contribution in [2.75, 3.05) is 0 Å². The zero-order valence-corrected chi connectivity index (χ0v) is 12.6. The molecule has 0 aliphatic rings. The predicted octanol–water partition coefficient (Wildman–Crippen LogP) is 4.24. The van der Waals surface area contributed by atoms with Crippen molar-refractivity contribution in [1.29, 1.82) is 0 Å². The van der Waals surface area contributed by atoms with Crippen LogP contribution in [-0.4, -0.2) is 10.5 Å². The first kappa shape index (κ1) is 12.4. The van der Waals surface area contributed by atoms with E-state index in [0.717, 1.165) is 25.6 Å². The summed E-state index contributed by atoms with van der Waals surface area (Å²) in [4.78, 5) is 12.7. The van der Waals surface area contributed by atoms with Gasteiger partial charge in [-0.05, 0) is 53.3 Å². The number of rotatable bonds is 1. The molecule has 0 amide bonds. The Labute approximate surface area is 125 Å². The first-order chi connectivity index (χ1) is 9.18. The number of fused-ring (bicyclic) bond motifs is 1. The second-order valence-corrected chi connectivity index (χ2v) is 5.65. The van der Waals surface area contributed by atoms with E-state index in [1.165, 1.54) is 0 Å². The molecular weight excluding hydrogens is 349 g/mol. The van der Waals surface area contributed by atoms with Gasteiger partial charge in [0.1, 0.15) is 0 Å². The van der Waals surface area contributed by atoms with E-state index in [4.69, 9.17) is 0 Å². The van der Waals surface area contributed by atoms with Crippen molar-refractivity contribution >= 4 is 39.4 Å². The zero-order valence-electron chi connectivity index (χ0n) is 10.4. The van der Waals surface area contributed by atoms with Crippen LogP contribution in [0.5, 0.6) is 0 Å². The van der Waals surface area contributed by atoms with E-state index in [1.54, 1.807) is 4.57 Å². The number of para-hydroxylation sites is 1. The Morgan fingerprint density at radius 3 is 2.53 bits per heavy atom. The van der Waals surface area contributed by atoms with Crippen molar-refractivity contribution in [3.63, 3.8) is 0 Å². The number of carbonyl (C=O) groups excluding carboxylic acids is 1. The summed E-state index contributed by atoms with van der Waals surface area (Å²) >= 11 is 2.20. The predicted molar refractivity (Wildman–Crippen MR) is 85.6 cm³/mol. The molecule has 1 heterocycles. The molecule has 94 valence electrons. The first-order valence-corrected chi connectivity index (χ1v) is 7.12. The van der Waals surface area contributed by atoms with Crippen LogP contribution in [0.15, 0.2) is 54.7 Å². The molecule has 3 heteroatoms. The maximum Gasteiger partial charge on any atom is 0.263 e. The molecule has 2 nitrogen and oxygen atoms in total. The molecule has 3 aromatic rings. The van der Waals surface area contributed by atoms with Crippen LogP contribution in [-0.2, 0) is 0 Å². The van der Waals surface area contributed by atoms with Gasteiger partial charge in [0.15, 0.2) is 0 Å². The molecular formula is C16H12INO. The van der Waals surface area contributed by atoms with Gasteiger partial charge in [0.25, 0.3) is 5.91 Å². The summed E-state index contributed by atoms with van der Waals surface area (Å²) in [6.45, 7) is 2.03. The number of aryl methyl sites for hydroxylation is 1. The van der Waals surface area contributed by atoms with Gasteiger partial charge in [0.2, 0.25) is 0 Å². The number of carbonyl (C=O) groups is 1. The average molecular weight is 361 g/mol. The fourth-order valence-corrected chi connectivity index (χ4v) is 2.90. The van der Waals surface area contributed by atoms with Crippen molar-refractivity contribution in [2.45, 2.75) is 6.92 Å². The Bertz CT molecular complexity index is 773. The molecule has 19 heavy (non-hydrogen) atoms. The largest absolute Gasteiger partial charge is 0.283 e. The van der Waals surface area contributed by atoms with E-state index in [9.17, 15) is 4.79 Å². The minimum Gasteiger partial charge on any atom is -0.283 e. The molecule has 0 aliphatic carbocycles. The molecule has 3 rings (SSSR count). The Morgan fingerprint density at radius 1 is 1.05 bits per heavy atom. The van der Waals surface area contributed by atoms with Crippen molar-refractivity contribution in [2.24, 2.45) is 0 Å². The summed E-state index contributed by atoms with van der Waals surface area (Å²) in [5.41, 5.74) is 2.82. The lowest BCUT2D eigenvalue weighted by Crippen LogP contribution is -2.12. The highest BCUT2D eigenvalue weighted by Crippen LogP contribution is 2.22. The third-order valence-electron chi connectivity index (χ3n) is 3.23. The topological polar surface area (TPSA) is 22.0 Å². The lowest BCUT2D eigenvalue weighted by atomic mass is 10.2. The molecule has 2 aromatic carbocycles. The van der Waals surface area contributed by atoms with Crippen LogP contribution in [0.4, 0.5) is 0 Å².